The van der Waals surface area contributed by atoms with E-state index in [0.29, 0.717) is 70.8 Å². The first kappa shape index (κ1) is 46.6. The third kappa shape index (κ3) is 12.6. The van der Waals surface area contributed by atoms with E-state index in [2.05, 4.69) is 0 Å². The van der Waals surface area contributed by atoms with Crippen molar-refractivity contribution >= 4 is 47.0 Å². The second kappa shape index (κ2) is 21.4. The van der Waals surface area contributed by atoms with E-state index in [9.17, 15) is 29.4 Å². The minimum absolute atomic E-state index is 0.0931. The van der Waals surface area contributed by atoms with Gasteiger partial charge in [0, 0.05) is 37.4 Å². The number of carbonyl (C=O) groups is 4. The van der Waals surface area contributed by atoms with Crippen molar-refractivity contribution < 1.29 is 48.3 Å². The van der Waals surface area contributed by atoms with Gasteiger partial charge in [-0.1, -0.05) is 60.7 Å². The van der Waals surface area contributed by atoms with Crippen LogP contribution in [0.2, 0.25) is 0 Å². The number of ketones is 2. The number of anilines is 2. The Hall–Kier alpha value is -5.92. The second-order valence-corrected chi connectivity index (χ2v) is 16.9. The molecule has 0 unspecified atom stereocenters. The van der Waals surface area contributed by atoms with Crippen molar-refractivity contribution in [2.75, 3.05) is 25.7 Å². The summed E-state index contributed by atoms with van der Waals surface area (Å²) in [6.45, 7) is 0. The molecule has 0 bridgehead atoms. The number of nitrogen functional groups attached to an aromatic ring is 2. The zero-order valence-corrected chi connectivity index (χ0v) is 35.9. The number of aliphatic hydroxyl groups is 2. The molecule has 0 aromatic heterocycles. The maximum atomic E-state index is 14.1. The lowest BCUT2D eigenvalue weighted by molar-refractivity contribution is -0.230. The summed E-state index contributed by atoms with van der Waals surface area (Å²) < 4.78 is 22.1. The van der Waals surface area contributed by atoms with E-state index in [0.717, 1.165) is 31.8 Å². The first-order valence-electron chi connectivity index (χ1n) is 21.5. The van der Waals surface area contributed by atoms with Gasteiger partial charge in [0.15, 0.2) is 5.78 Å². The highest BCUT2D eigenvalue weighted by atomic mass is 16.5. The van der Waals surface area contributed by atoms with E-state index in [1.807, 2.05) is 0 Å². The molecule has 2 fully saturated rings. The highest BCUT2D eigenvalue weighted by molar-refractivity contribution is 6.01. The van der Waals surface area contributed by atoms with Crippen molar-refractivity contribution in [1.82, 2.24) is 0 Å². The number of hydrogen-bond acceptors (Lipinski definition) is 12. The molecular formula is C51H58N2O10. The standard InChI is InChI=1S/C51H58N2O10/c1-60-43-26-13-38(14-27-43)48(56)62-45-22-8-34(9-23-45)7-21-42(54)33-50(31-36-3-17-40(52)18-4-36,32-37-5-19-41(53)20-6-37)51(58,59)47(55)30-12-35-10-24-46(25-11-35)63-49(57)39-15-28-44(61-2)29-16-39/h3-12,17-25,30,38-39,43-44,58-59H,13-16,26-29,31-33,52-53H2,1-2H3/b21-7+,30-12+. The van der Waals surface area contributed by atoms with Gasteiger partial charge in [0.25, 0.3) is 0 Å². The largest absolute Gasteiger partial charge is 0.426 e. The molecule has 0 radical (unpaired) electrons. The maximum absolute atomic E-state index is 14.1. The number of ether oxygens (including phenoxy) is 4. The lowest BCUT2D eigenvalue weighted by atomic mass is 9.65. The molecule has 4 aromatic carbocycles. The number of nitrogens with two attached hydrogens (primary N) is 2. The van der Waals surface area contributed by atoms with Gasteiger partial charge in [-0.3, -0.25) is 19.2 Å². The zero-order valence-electron chi connectivity index (χ0n) is 35.9. The SMILES string of the molecule is COC1CCC(C(=O)Oc2ccc(/C=C/C(=O)CC(Cc3ccc(N)cc3)(Cc3ccc(N)cc3)C(O)(O)C(=O)/C=C/c3ccc(OC(=O)C4CCC(OC)CC4)cc3)cc2)CC1. The predicted octanol–water partition coefficient (Wildman–Crippen LogP) is 7.48. The molecule has 2 saturated carbocycles. The number of carbonyl (C=O) groups excluding carboxylic acids is 4. The lowest BCUT2D eigenvalue weighted by Gasteiger charge is -2.42. The molecule has 4 aromatic rings. The van der Waals surface area contributed by atoms with Crippen molar-refractivity contribution in [3.05, 3.63) is 131 Å². The van der Waals surface area contributed by atoms with Gasteiger partial charge in [0.1, 0.15) is 11.5 Å². The fourth-order valence-electron chi connectivity index (χ4n) is 8.50. The van der Waals surface area contributed by atoms with Gasteiger partial charge >= 0.3 is 11.9 Å². The van der Waals surface area contributed by atoms with Crippen LogP contribution in [0.3, 0.4) is 0 Å². The lowest BCUT2D eigenvalue weighted by Crippen LogP contribution is -2.57. The molecule has 0 atom stereocenters. The molecular weight excluding hydrogens is 801 g/mol. The van der Waals surface area contributed by atoms with Gasteiger partial charge in [0.05, 0.1) is 24.0 Å². The Labute approximate surface area is 368 Å². The molecule has 2 aliphatic rings. The average molecular weight is 859 g/mol. The van der Waals surface area contributed by atoms with Crippen molar-refractivity contribution in [2.45, 2.75) is 88.6 Å². The molecule has 0 amide bonds. The van der Waals surface area contributed by atoms with E-state index in [-0.39, 0.29) is 48.8 Å². The van der Waals surface area contributed by atoms with Gasteiger partial charge < -0.3 is 40.6 Å². The smallest absolute Gasteiger partial charge is 0.314 e. The van der Waals surface area contributed by atoms with E-state index in [4.69, 9.17) is 30.4 Å². The monoisotopic (exact) mass is 858 g/mol. The van der Waals surface area contributed by atoms with Crippen LogP contribution in [-0.2, 0) is 41.5 Å². The van der Waals surface area contributed by atoms with E-state index in [1.54, 1.807) is 117 Å². The Bertz CT molecular complexity index is 2170. The Balaban J connectivity index is 1.21. The van der Waals surface area contributed by atoms with E-state index >= 15 is 0 Å². The molecule has 0 aliphatic heterocycles. The quantitative estimate of drug-likeness (QED) is 0.0254. The van der Waals surface area contributed by atoms with E-state index < -0.39 is 29.2 Å². The summed E-state index contributed by atoms with van der Waals surface area (Å²) in [5, 5.41) is 24.3. The van der Waals surface area contributed by atoms with Crippen LogP contribution in [-0.4, -0.2) is 65.9 Å². The Morgan fingerprint density at radius 2 is 0.952 bits per heavy atom. The van der Waals surface area contributed by atoms with Crippen LogP contribution >= 0.6 is 0 Å². The van der Waals surface area contributed by atoms with Gasteiger partial charge in [-0.2, -0.15) is 0 Å². The fraction of sp³-hybridized carbons (Fsp3) is 0.373. The number of hydrogen-bond donors (Lipinski definition) is 4. The fourth-order valence-corrected chi connectivity index (χ4v) is 8.50. The summed E-state index contributed by atoms with van der Waals surface area (Å²) in [7, 11) is 3.36. The van der Waals surface area contributed by atoms with Crippen LogP contribution in [0.1, 0.15) is 80.0 Å². The first-order chi connectivity index (χ1) is 30.2. The summed E-state index contributed by atoms with van der Waals surface area (Å²) in [5.74, 6) is -4.82. The first-order valence-corrected chi connectivity index (χ1v) is 21.5. The number of methoxy groups -OCH3 is 2. The Morgan fingerprint density at radius 3 is 1.33 bits per heavy atom. The molecule has 6 N–H and O–H groups in total. The predicted molar refractivity (Wildman–Crippen MR) is 241 cm³/mol. The van der Waals surface area contributed by atoms with E-state index in [1.165, 1.54) is 12.2 Å². The minimum atomic E-state index is -3.07. The van der Waals surface area contributed by atoms with Crippen LogP contribution in [0.5, 0.6) is 11.5 Å². The van der Waals surface area contributed by atoms with Gasteiger partial charge in [-0.25, -0.2) is 0 Å². The Kier molecular flexibility index (Phi) is 15.9. The second-order valence-electron chi connectivity index (χ2n) is 16.9. The summed E-state index contributed by atoms with van der Waals surface area (Å²) in [5.41, 5.74) is 13.6. The van der Waals surface area contributed by atoms with Crippen LogP contribution in [0, 0.1) is 17.3 Å². The highest BCUT2D eigenvalue weighted by Crippen LogP contribution is 2.43. The van der Waals surface area contributed by atoms with Crippen LogP contribution in [0.15, 0.2) is 109 Å². The van der Waals surface area contributed by atoms with Crippen molar-refractivity contribution in [2.24, 2.45) is 17.3 Å². The summed E-state index contributed by atoms with van der Waals surface area (Å²) >= 11 is 0. The van der Waals surface area contributed by atoms with Crippen molar-refractivity contribution in [3.8, 4) is 11.5 Å². The van der Waals surface area contributed by atoms with Gasteiger partial charge in [-0.05, 0) is 147 Å². The molecule has 2 aliphatic carbocycles. The third-order valence-corrected chi connectivity index (χ3v) is 12.4. The van der Waals surface area contributed by atoms with Crippen LogP contribution in [0.25, 0.3) is 12.2 Å². The minimum Gasteiger partial charge on any atom is -0.426 e. The average Bonchev–Trinajstić information content (AvgIpc) is 3.29. The molecule has 332 valence electrons. The molecule has 6 rings (SSSR count). The summed E-state index contributed by atoms with van der Waals surface area (Å²) in [4.78, 5) is 53.8. The zero-order chi connectivity index (χ0) is 45.0. The molecule has 12 nitrogen and oxygen atoms in total. The highest BCUT2D eigenvalue weighted by Gasteiger charge is 2.54. The Morgan fingerprint density at radius 1 is 0.571 bits per heavy atom. The molecule has 0 saturated heterocycles. The van der Waals surface area contributed by atoms with Crippen molar-refractivity contribution in [1.29, 1.82) is 0 Å². The number of allylic oxidation sites excluding steroid dienone is 1. The molecule has 0 spiro atoms. The van der Waals surface area contributed by atoms with Crippen LogP contribution in [0.4, 0.5) is 11.4 Å². The van der Waals surface area contributed by atoms with Crippen LogP contribution < -0.4 is 20.9 Å². The summed E-state index contributed by atoms with van der Waals surface area (Å²) in [6, 6.07) is 26.8. The molecule has 63 heavy (non-hydrogen) atoms. The van der Waals surface area contributed by atoms with Gasteiger partial charge in [-0.15, -0.1) is 0 Å². The topological polar surface area (TPSA) is 198 Å². The number of esters is 2. The molecule has 12 heteroatoms. The maximum Gasteiger partial charge on any atom is 0.314 e. The van der Waals surface area contributed by atoms with Gasteiger partial charge in [0.2, 0.25) is 11.6 Å². The normalized spacial score (nSPS) is 19.5. The summed E-state index contributed by atoms with van der Waals surface area (Å²) in [6.07, 6.45) is 11.1. The third-order valence-electron chi connectivity index (χ3n) is 12.4. The number of benzene rings is 4. The molecule has 0 heterocycles. The number of rotatable bonds is 18. The van der Waals surface area contributed by atoms with Crippen molar-refractivity contribution in [3.63, 3.8) is 0 Å².